The number of fused-ring (bicyclic) bond motifs is 1. The third-order valence-corrected chi connectivity index (χ3v) is 3.76. The van der Waals surface area contributed by atoms with Gasteiger partial charge in [0.15, 0.2) is 12.0 Å². The molecule has 3 aromatic rings. The second-order valence-electron chi connectivity index (χ2n) is 5.70. The van der Waals surface area contributed by atoms with Gasteiger partial charge >= 0.3 is 18.4 Å². The predicted molar refractivity (Wildman–Crippen MR) is 88.0 cm³/mol. The number of amides is 3. The van der Waals surface area contributed by atoms with Gasteiger partial charge in [-0.3, -0.25) is 4.79 Å². The molecule has 0 unspecified atom stereocenters. The first-order chi connectivity index (χ1) is 13.5. The number of hydrogen-bond donors (Lipinski definition) is 1. The number of hydrogen-bond acceptors (Lipinski definition) is 4. The molecule has 0 bridgehead atoms. The minimum atomic E-state index is -5.08. The van der Waals surface area contributed by atoms with Crippen LogP contribution in [-0.2, 0) is 17.1 Å². The highest BCUT2D eigenvalue weighted by molar-refractivity contribution is 6.12. The summed E-state index contributed by atoms with van der Waals surface area (Å²) in [5.74, 6) is 0. The Labute approximate surface area is 157 Å². The number of rotatable bonds is 3. The number of oxazole rings is 1. The quantitative estimate of drug-likeness (QED) is 0.478. The minimum absolute atomic E-state index is 0.0260. The van der Waals surface area contributed by atoms with Crippen LogP contribution in [0.3, 0.4) is 0 Å². The Bertz CT molecular complexity index is 1040. The van der Waals surface area contributed by atoms with Gasteiger partial charge in [-0.2, -0.15) is 26.3 Å². The Kier molecular flexibility index (Phi) is 4.95. The summed E-state index contributed by atoms with van der Waals surface area (Å²) in [6.07, 6.45) is -9.00. The average Bonchev–Trinajstić information content (AvgIpc) is 3.08. The van der Waals surface area contributed by atoms with Crippen LogP contribution in [0.5, 0.6) is 0 Å². The molecule has 0 saturated heterocycles. The molecule has 0 aliphatic carbocycles. The SMILES string of the molecule is O=CN(C(=O)Nc1cc(C(F)(F)F)cc(C(F)(F)F)c1)c1ccc2ocnc2c1. The van der Waals surface area contributed by atoms with Gasteiger partial charge in [0.1, 0.15) is 5.52 Å². The van der Waals surface area contributed by atoms with E-state index in [0.717, 1.165) is 6.39 Å². The van der Waals surface area contributed by atoms with Crippen molar-refractivity contribution >= 4 is 34.9 Å². The smallest absolute Gasteiger partial charge is 0.416 e. The molecule has 29 heavy (non-hydrogen) atoms. The molecule has 0 radical (unpaired) electrons. The van der Waals surface area contributed by atoms with Crippen LogP contribution in [0.2, 0.25) is 0 Å². The topological polar surface area (TPSA) is 75.4 Å². The highest BCUT2D eigenvalue weighted by atomic mass is 19.4. The van der Waals surface area contributed by atoms with Crippen molar-refractivity contribution in [3.8, 4) is 0 Å². The van der Waals surface area contributed by atoms with Crippen molar-refractivity contribution in [1.82, 2.24) is 4.98 Å². The lowest BCUT2D eigenvalue weighted by molar-refractivity contribution is -0.143. The average molecular weight is 417 g/mol. The number of aromatic nitrogens is 1. The maximum absolute atomic E-state index is 12.9. The van der Waals surface area contributed by atoms with E-state index >= 15 is 0 Å². The van der Waals surface area contributed by atoms with Crippen molar-refractivity contribution in [3.05, 3.63) is 53.9 Å². The molecule has 0 atom stereocenters. The Morgan fingerprint density at radius 3 is 2.17 bits per heavy atom. The normalized spacial score (nSPS) is 12.1. The van der Waals surface area contributed by atoms with E-state index in [2.05, 4.69) is 4.98 Å². The van der Waals surface area contributed by atoms with Crippen molar-refractivity contribution < 1.29 is 40.3 Å². The first-order valence-corrected chi connectivity index (χ1v) is 7.67. The fourth-order valence-electron chi connectivity index (χ4n) is 2.43. The second kappa shape index (κ2) is 7.11. The maximum atomic E-state index is 12.9. The molecule has 3 rings (SSSR count). The molecule has 1 heterocycles. The van der Waals surface area contributed by atoms with Crippen molar-refractivity contribution in [2.75, 3.05) is 10.2 Å². The molecule has 2 aromatic carbocycles. The van der Waals surface area contributed by atoms with Crippen LogP contribution in [0.25, 0.3) is 11.1 Å². The van der Waals surface area contributed by atoms with Crippen molar-refractivity contribution in [2.24, 2.45) is 0 Å². The van der Waals surface area contributed by atoms with E-state index in [4.69, 9.17) is 4.42 Å². The number of halogens is 6. The van der Waals surface area contributed by atoms with Gasteiger partial charge in [-0.15, -0.1) is 0 Å². The van der Waals surface area contributed by atoms with Crippen LogP contribution >= 0.6 is 0 Å². The van der Waals surface area contributed by atoms with Crippen LogP contribution in [0.4, 0.5) is 42.5 Å². The van der Waals surface area contributed by atoms with Gasteiger partial charge in [-0.1, -0.05) is 0 Å². The monoisotopic (exact) mass is 417 g/mol. The lowest BCUT2D eigenvalue weighted by atomic mass is 10.1. The minimum Gasteiger partial charge on any atom is -0.443 e. The van der Waals surface area contributed by atoms with E-state index in [1.807, 2.05) is 5.32 Å². The van der Waals surface area contributed by atoms with E-state index < -0.39 is 35.2 Å². The van der Waals surface area contributed by atoms with Gasteiger partial charge in [0, 0.05) is 5.69 Å². The molecule has 3 amide bonds. The number of carbonyl (C=O) groups is 2. The first-order valence-electron chi connectivity index (χ1n) is 7.67. The number of carbonyl (C=O) groups excluding carboxylic acids is 2. The molecular weight excluding hydrogens is 408 g/mol. The molecular formula is C17H9F6N3O3. The predicted octanol–water partition coefficient (Wildman–Crippen LogP) is 5.06. The zero-order valence-corrected chi connectivity index (χ0v) is 14.0. The Morgan fingerprint density at radius 2 is 1.62 bits per heavy atom. The Balaban J connectivity index is 1.94. The summed E-state index contributed by atoms with van der Waals surface area (Å²) in [7, 11) is 0. The third kappa shape index (κ3) is 4.31. The second-order valence-corrected chi connectivity index (χ2v) is 5.70. The number of imide groups is 1. The lowest BCUT2D eigenvalue weighted by Crippen LogP contribution is -2.33. The molecule has 0 fully saturated rings. The molecule has 0 spiro atoms. The van der Waals surface area contributed by atoms with E-state index in [0.29, 0.717) is 22.6 Å². The Morgan fingerprint density at radius 1 is 1.00 bits per heavy atom. The summed E-state index contributed by atoms with van der Waals surface area (Å²) in [4.78, 5) is 27.9. The standard InChI is InChI=1S/C17H9F6N3O3/c18-16(19,20)9-3-10(17(21,22)23)5-11(4-9)25-15(28)26(8-27)12-1-2-14-13(6-12)24-7-29-14/h1-8H,(H,25,28). The van der Waals surface area contributed by atoms with Gasteiger partial charge in [0.2, 0.25) is 6.41 Å². The Hall–Kier alpha value is -3.57. The molecule has 1 N–H and O–H groups in total. The fourth-order valence-corrected chi connectivity index (χ4v) is 2.43. The molecule has 152 valence electrons. The summed E-state index contributed by atoms with van der Waals surface area (Å²) in [6.45, 7) is 0. The van der Waals surface area contributed by atoms with E-state index in [-0.39, 0.29) is 23.7 Å². The van der Waals surface area contributed by atoms with Crippen molar-refractivity contribution in [1.29, 1.82) is 0 Å². The van der Waals surface area contributed by atoms with Crippen LogP contribution < -0.4 is 10.2 Å². The van der Waals surface area contributed by atoms with Gasteiger partial charge in [-0.25, -0.2) is 14.7 Å². The summed E-state index contributed by atoms with van der Waals surface area (Å²) in [6, 6.07) is 3.26. The summed E-state index contributed by atoms with van der Waals surface area (Å²) < 4.78 is 82.5. The van der Waals surface area contributed by atoms with Crippen LogP contribution in [0.15, 0.2) is 47.2 Å². The highest BCUT2D eigenvalue weighted by Crippen LogP contribution is 2.37. The summed E-state index contributed by atoms with van der Waals surface area (Å²) in [5, 5.41) is 1.87. The number of nitrogens with zero attached hydrogens (tertiary/aromatic N) is 2. The molecule has 1 aromatic heterocycles. The van der Waals surface area contributed by atoms with Gasteiger partial charge in [-0.05, 0) is 36.4 Å². The summed E-state index contributed by atoms with van der Waals surface area (Å²) in [5.41, 5.74) is -3.41. The van der Waals surface area contributed by atoms with Gasteiger partial charge in [0.25, 0.3) is 0 Å². The lowest BCUT2D eigenvalue weighted by Gasteiger charge is -2.18. The van der Waals surface area contributed by atoms with E-state index in [1.54, 1.807) is 0 Å². The maximum Gasteiger partial charge on any atom is 0.416 e. The van der Waals surface area contributed by atoms with Crippen LogP contribution in [-0.4, -0.2) is 17.4 Å². The zero-order valence-electron chi connectivity index (χ0n) is 14.0. The number of benzene rings is 2. The molecule has 0 aliphatic heterocycles. The van der Waals surface area contributed by atoms with E-state index in [1.165, 1.54) is 18.2 Å². The van der Waals surface area contributed by atoms with Crippen LogP contribution in [0, 0.1) is 0 Å². The number of anilines is 2. The highest BCUT2D eigenvalue weighted by Gasteiger charge is 2.37. The van der Waals surface area contributed by atoms with Crippen molar-refractivity contribution in [2.45, 2.75) is 12.4 Å². The fraction of sp³-hybridized carbons (Fsp3) is 0.118. The molecule has 6 nitrogen and oxygen atoms in total. The molecule has 0 aliphatic rings. The first kappa shape index (κ1) is 20.2. The molecule has 0 saturated carbocycles. The summed E-state index contributed by atoms with van der Waals surface area (Å²) >= 11 is 0. The van der Waals surface area contributed by atoms with E-state index in [9.17, 15) is 35.9 Å². The van der Waals surface area contributed by atoms with Gasteiger partial charge < -0.3 is 9.73 Å². The van der Waals surface area contributed by atoms with Crippen molar-refractivity contribution in [3.63, 3.8) is 0 Å². The molecule has 12 heteroatoms. The number of urea groups is 1. The largest absolute Gasteiger partial charge is 0.443 e. The number of alkyl halides is 6. The zero-order chi connectivity index (χ0) is 21.4. The third-order valence-electron chi connectivity index (χ3n) is 3.76. The van der Waals surface area contributed by atoms with Gasteiger partial charge in [0.05, 0.1) is 16.8 Å². The number of nitrogens with one attached hydrogen (secondary N) is 1. The van der Waals surface area contributed by atoms with Crippen LogP contribution in [0.1, 0.15) is 11.1 Å².